The number of hydrogen-bond acceptors (Lipinski definition) is 6. The van der Waals surface area contributed by atoms with Crippen LogP contribution in [0.2, 0.25) is 0 Å². The van der Waals surface area contributed by atoms with E-state index in [-0.39, 0.29) is 17.9 Å². The molecule has 124 valence electrons. The maximum Gasteiger partial charge on any atom is 0.258 e. The summed E-state index contributed by atoms with van der Waals surface area (Å²) in [4.78, 5) is 33.1. The highest BCUT2D eigenvalue weighted by molar-refractivity contribution is 8.00. The molecule has 0 radical (unpaired) electrons. The normalized spacial score (nSPS) is 11.1. The number of pyridine rings is 1. The average molecular weight is 360 g/mol. The molecule has 0 aliphatic rings. The van der Waals surface area contributed by atoms with Gasteiger partial charge in [-0.25, -0.2) is 9.97 Å². The van der Waals surface area contributed by atoms with Crippen LogP contribution in [0.25, 0.3) is 5.65 Å². The van der Waals surface area contributed by atoms with Crippen LogP contribution < -0.4 is 11.3 Å². The Hall–Kier alpha value is -2.19. The molecule has 0 aliphatic heterocycles. The number of fused-ring (bicyclic) bond motifs is 1. The van der Waals surface area contributed by atoms with Gasteiger partial charge < -0.3 is 5.73 Å². The number of carbonyl (C=O) groups is 1. The number of aryl methyl sites for hydroxylation is 2. The van der Waals surface area contributed by atoms with Gasteiger partial charge in [0.2, 0.25) is 5.91 Å². The molecule has 0 fully saturated rings. The van der Waals surface area contributed by atoms with Crippen LogP contribution in [0.1, 0.15) is 21.8 Å². The molecule has 0 atom stereocenters. The van der Waals surface area contributed by atoms with Crippen LogP contribution in [0, 0.1) is 13.8 Å². The van der Waals surface area contributed by atoms with E-state index in [4.69, 9.17) is 5.73 Å². The lowest BCUT2D eigenvalue weighted by Gasteiger charge is -2.05. The molecule has 0 saturated heterocycles. The minimum atomic E-state index is -0.363. The van der Waals surface area contributed by atoms with Crippen molar-refractivity contribution in [2.75, 3.05) is 0 Å². The van der Waals surface area contributed by atoms with Crippen molar-refractivity contribution in [2.45, 2.75) is 30.4 Å². The molecule has 2 N–H and O–H groups in total. The van der Waals surface area contributed by atoms with E-state index in [1.807, 2.05) is 26.0 Å². The summed E-state index contributed by atoms with van der Waals surface area (Å²) in [6.07, 6.45) is 1.92. The first kappa shape index (κ1) is 16.7. The fourth-order valence-electron chi connectivity index (χ4n) is 2.30. The maximum atomic E-state index is 12.2. The zero-order valence-electron chi connectivity index (χ0n) is 13.3. The standard InChI is InChI=1S/C16H16N4O2S2/c1-9-4-3-5-20-14(22)6-11(19-15(9)20)8-23-16-18-10(2)12(24-16)7-13(17)21/h3-6H,7-8H2,1-2H3,(H2,17,21). The average Bonchev–Trinajstić information content (AvgIpc) is 2.86. The number of amides is 1. The molecule has 3 rings (SSSR count). The van der Waals surface area contributed by atoms with Gasteiger partial charge in [0.05, 0.1) is 17.8 Å². The van der Waals surface area contributed by atoms with Crippen molar-refractivity contribution in [1.29, 1.82) is 0 Å². The van der Waals surface area contributed by atoms with Crippen molar-refractivity contribution >= 4 is 34.7 Å². The second-order valence-electron chi connectivity index (χ2n) is 5.39. The van der Waals surface area contributed by atoms with Gasteiger partial charge in [0, 0.05) is 22.9 Å². The smallest absolute Gasteiger partial charge is 0.258 e. The Kier molecular flexibility index (Phi) is 4.68. The molecule has 8 heteroatoms. The summed E-state index contributed by atoms with van der Waals surface area (Å²) >= 11 is 2.96. The lowest BCUT2D eigenvalue weighted by molar-refractivity contribution is -0.117. The number of hydrogen-bond donors (Lipinski definition) is 1. The molecule has 24 heavy (non-hydrogen) atoms. The van der Waals surface area contributed by atoms with Crippen LogP contribution in [-0.2, 0) is 17.0 Å². The summed E-state index contributed by atoms with van der Waals surface area (Å²) < 4.78 is 2.39. The summed E-state index contributed by atoms with van der Waals surface area (Å²) in [5.74, 6) is 0.182. The van der Waals surface area contributed by atoms with Crippen molar-refractivity contribution in [1.82, 2.24) is 14.4 Å². The van der Waals surface area contributed by atoms with Crippen LogP contribution in [0.15, 0.2) is 33.5 Å². The number of primary amides is 1. The van der Waals surface area contributed by atoms with Crippen molar-refractivity contribution in [2.24, 2.45) is 5.73 Å². The van der Waals surface area contributed by atoms with Gasteiger partial charge in [0.1, 0.15) is 5.65 Å². The van der Waals surface area contributed by atoms with E-state index in [2.05, 4.69) is 9.97 Å². The Balaban J connectivity index is 1.82. The molecular formula is C16H16N4O2S2. The molecular weight excluding hydrogens is 344 g/mol. The first-order chi connectivity index (χ1) is 11.4. The minimum Gasteiger partial charge on any atom is -0.369 e. The monoisotopic (exact) mass is 360 g/mol. The summed E-state index contributed by atoms with van der Waals surface area (Å²) in [6.45, 7) is 3.79. The van der Waals surface area contributed by atoms with Gasteiger partial charge in [0.15, 0.2) is 4.34 Å². The van der Waals surface area contributed by atoms with Crippen LogP contribution in [0.3, 0.4) is 0 Å². The van der Waals surface area contributed by atoms with E-state index in [1.54, 1.807) is 16.7 Å². The third-order valence-corrected chi connectivity index (χ3v) is 5.82. The molecule has 1 amide bonds. The Morgan fingerprint density at radius 1 is 1.38 bits per heavy atom. The topological polar surface area (TPSA) is 90.3 Å². The highest BCUT2D eigenvalue weighted by Crippen LogP contribution is 2.29. The highest BCUT2D eigenvalue weighted by atomic mass is 32.2. The van der Waals surface area contributed by atoms with Gasteiger partial charge in [-0.2, -0.15) is 0 Å². The van der Waals surface area contributed by atoms with Crippen LogP contribution in [-0.4, -0.2) is 20.3 Å². The number of rotatable bonds is 5. The summed E-state index contributed by atoms with van der Waals surface area (Å²) in [6, 6.07) is 5.31. The Bertz CT molecular complexity index is 978. The molecule has 3 aromatic heterocycles. The van der Waals surface area contributed by atoms with Crippen LogP contribution >= 0.6 is 23.1 Å². The highest BCUT2D eigenvalue weighted by Gasteiger charge is 2.11. The minimum absolute atomic E-state index is 0.0935. The molecule has 0 unspecified atom stereocenters. The van der Waals surface area contributed by atoms with Gasteiger partial charge in [-0.1, -0.05) is 17.8 Å². The van der Waals surface area contributed by atoms with Gasteiger partial charge >= 0.3 is 0 Å². The lowest BCUT2D eigenvalue weighted by Crippen LogP contribution is -2.15. The van der Waals surface area contributed by atoms with Crippen molar-refractivity contribution in [3.8, 4) is 0 Å². The number of aromatic nitrogens is 3. The Labute approximate surface area is 146 Å². The van der Waals surface area contributed by atoms with E-state index < -0.39 is 0 Å². The van der Waals surface area contributed by atoms with E-state index in [9.17, 15) is 9.59 Å². The van der Waals surface area contributed by atoms with Crippen molar-refractivity contribution < 1.29 is 4.79 Å². The molecule has 3 aromatic rings. The SMILES string of the molecule is Cc1nc(SCc2cc(=O)n3cccc(C)c3n2)sc1CC(N)=O. The fraction of sp³-hybridized carbons (Fsp3) is 0.250. The third kappa shape index (κ3) is 3.49. The summed E-state index contributed by atoms with van der Waals surface area (Å²) in [5.41, 5.74) is 8.30. The van der Waals surface area contributed by atoms with Crippen molar-refractivity contribution in [3.63, 3.8) is 0 Å². The van der Waals surface area contributed by atoms with Crippen molar-refractivity contribution in [3.05, 3.63) is 56.6 Å². The van der Waals surface area contributed by atoms with Gasteiger partial charge in [-0.05, 0) is 25.5 Å². The van der Waals surface area contributed by atoms with Gasteiger partial charge in [0.25, 0.3) is 5.56 Å². The number of carbonyl (C=O) groups excluding carboxylic acids is 1. The number of thioether (sulfide) groups is 1. The quantitative estimate of drug-likeness (QED) is 0.704. The molecule has 3 heterocycles. The maximum absolute atomic E-state index is 12.2. The largest absolute Gasteiger partial charge is 0.369 e. The second-order valence-corrected chi connectivity index (χ2v) is 7.70. The molecule has 0 aromatic carbocycles. The molecule has 0 spiro atoms. The number of thiazole rings is 1. The Morgan fingerprint density at radius 3 is 2.92 bits per heavy atom. The zero-order chi connectivity index (χ0) is 17.3. The third-order valence-electron chi connectivity index (χ3n) is 3.49. The summed E-state index contributed by atoms with van der Waals surface area (Å²) in [7, 11) is 0. The van der Waals surface area contributed by atoms with E-state index in [0.29, 0.717) is 17.1 Å². The fourth-order valence-corrected chi connectivity index (χ4v) is 4.44. The number of nitrogens with two attached hydrogens (primary N) is 1. The second kappa shape index (κ2) is 6.74. The van der Waals surface area contributed by atoms with E-state index >= 15 is 0 Å². The van der Waals surface area contributed by atoms with Gasteiger partial charge in [-0.3, -0.25) is 14.0 Å². The molecule has 0 bridgehead atoms. The Morgan fingerprint density at radius 2 is 2.17 bits per heavy atom. The zero-order valence-corrected chi connectivity index (χ0v) is 14.9. The van der Waals surface area contributed by atoms with E-state index in [1.165, 1.54) is 23.1 Å². The number of nitrogens with zero attached hydrogens (tertiary/aromatic N) is 3. The van der Waals surface area contributed by atoms with Crippen LogP contribution in [0.5, 0.6) is 0 Å². The molecule has 0 saturated carbocycles. The lowest BCUT2D eigenvalue weighted by atomic mass is 10.3. The predicted octanol–water partition coefficient (Wildman–Crippen LogP) is 2.09. The summed E-state index contributed by atoms with van der Waals surface area (Å²) in [5, 5.41) is 0. The van der Waals surface area contributed by atoms with E-state index in [0.717, 1.165) is 20.5 Å². The molecule has 0 aliphatic carbocycles. The van der Waals surface area contributed by atoms with Gasteiger partial charge in [-0.15, -0.1) is 11.3 Å². The predicted molar refractivity (Wildman–Crippen MR) is 95.5 cm³/mol. The molecule has 6 nitrogen and oxygen atoms in total. The first-order valence-electron chi connectivity index (χ1n) is 7.29. The first-order valence-corrected chi connectivity index (χ1v) is 9.09. The van der Waals surface area contributed by atoms with Crippen LogP contribution in [0.4, 0.5) is 0 Å².